The van der Waals surface area contributed by atoms with Crippen LogP contribution in [0.3, 0.4) is 0 Å². The summed E-state index contributed by atoms with van der Waals surface area (Å²) in [4.78, 5) is 0. The first-order valence-electron chi connectivity index (χ1n) is 5.86. The van der Waals surface area contributed by atoms with E-state index in [0.717, 1.165) is 24.8 Å². The lowest BCUT2D eigenvalue weighted by atomic mass is 9.72. The molecular formula is C13H16Cl2O2. The minimum atomic E-state index is -0.971. The van der Waals surface area contributed by atoms with Gasteiger partial charge in [0.1, 0.15) is 0 Å². The molecule has 2 N–H and O–H groups in total. The van der Waals surface area contributed by atoms with Gasteiger partial charge in [-0.25, -0.2) is 0 Å². The van der Waals surface area contributed by atoms with Gasteiger partial charge in [0.15, 0.2) is 0 Å². The number of aliphatic hydroxyl groups excluding tert-OH is 1. The van der Waals surface area contributed by atoms with Crippen LogP contribution >= 0.6 is 23.2 Å². The number of halogens is 2. The summed E-state index contributed by atoms with van der Waals surface area (Å²) in [5.74, 6) is -0.117. The van der Waals surface area contributed by atoms with Crippen molar-refractivity contribution in [2.45, 2.75) is 31.3 Å². The maximum atomic E-state index is 10.8. The van der Waals surface area contributed by atoms with Crippen LogP contribution in [0.4, 0.5) is 0 Å². The lowest BCUT2D eigenvalue weighted by molar-refractivity contribution is -0.0729. The molecule has 17 heavy (non-hydrogen) atoms. The molecule has 0 aromatic heterocycles. The fraction of sp³-hybridized carbons (Fsp3) is 0.538. The summed E-state index contributed by atoms with van der Waals surface area (Å²) >= 11 is 11.9. The molecule has 0 saturated heterocycles. The highest BCUT2D eigenvalue weighted by molar-refractivity contribution is 6.42. The van der Waals surface area contributed by atoms with E-state index in [-0.39, 0.29) is 12.5 Å². The molecule has 0 spiro atoms. The van der Waals surface area contributed by atoms with Crippen LogP contribution < -0.4 is 0 Å². The molecule has 0 radical (unpaired) electrons. The van der Waals surface area contributed by atoms with Crippen LogP contribution in [0.1, 0.15) is 31.2 Å². The Morgan fingerprint density at radius 3 is 2.65 bits per heavy atom. The zero-order valence-electron chi connectivity index (χ0n) is 9.50. The molecule has 1 fully saturated rings. The Kier molecular flexibility index (Phi) is 3.99. The van der Waals surface area contributed by atoms with Crippen molar-refractivity contribution < 1.29 is 10.2 Å². The second kappa shape index (κ2) is 5.15. The van der Waals surface area contributed by atoms with Gasteiger partial charge >= 0.3 is 0 Å². The van der Waals surface area contributed by atoms with Crippen molar-refractivity contribution >= 4 is 23.2 Å². The van der Waals surface area contributed by atoms with E-state index < -0.39 is 5.60 Å². The van der Waals surface area contributed by atoms with Crippen LogP contribution in [0.2, 0.25) is 10.0 Å². The van der Waals surface area contributed by atoms with E-state index in [2.05, 4.69) is 0 Å². The Hall–Kier alpha value is -0.280. The predicted octanol–water partition coefficient (Wildman–Crippen LogP) is 3.36. The molecule has 0 bridgehead atoms. The summed E-state index contributed by atoms with van der Waals surface area (Å²) < 4.78 is 0. The molecule has 1 aromatic carbocycles. The van der Waals surface area contributed by atoms with Gasteiger partial charge in [-0.05, 0) is 30.5 Å². The van der Waals surface area contributed by atoms with Crippen LogP contribution in [-0.2, 0) is 5.60 Å². The molecule has 0 amide bonds. The fourth-order valence-electron chi connectivity index (χ4n) is 2.62. The van der Waals surface area contributed by atoms with Crippen molar-refractivity contribution in [2.24, 2.45) is 5.92 Å². The zero-order chi connectivity index (χ0) is 12.5. The lowest BCUT2D eigenvalue weighted by Gasteiger charge is -2.39. The van der Waals surface area contributed by atoms with Crippen LogP contribution in [0.25, 0.3) is 0 Å². The van der Waals surface area contributed by atoms with E-state index >= 15 is 0 Å². The van der Waals surface area contributed by atoms with Crippen LogP contribution in [0.5, 0.6) is 0 Å². The molecule has 2 rings (SSSR count). The van der Waals surface area contributed by atoms with Crippen LogP contribution in [0.15, 0.2) is 18.2 Å². The molecule has 94 valence electrons. The SMILES string of the molecule is OCC1CCCCC1(O)c1ccc(Cl)c(Cl)c1. The Balaban J connectivity index is 2.37. The fourth-order valence-corrected chi connectivity index (χ4v) is 2.91. The first kappa shape index (κ1) is 13.2. The molecule has 1 aliphatic carbocycles. The van der Waals surface area contributed by atoms with Crippen molar-refractivity contribution in [3.05, 3.63) is 33.8 Å². The highest BCUT2D eigenvalue weighted by Gasteiger charge is 2.40. The first-order chi connectivity index (χ1) is 8.08. The lowest BCUT2D eigenvalue weighted by Crippen LogP contribution is -2.39. The monoisotopic (exact) mass is 274 g/mol. The predicted molar refractivity (Wildman–Crippen MR) is 69.4 cm³/mol. The highest BCUT2D eigenvalue weighted by Crippen LogP contribution is 2.42. The Morgan fingerprint density at radius 2 is 2.00 bits per heavy atom. The molecular weight excluding hydrogens is 259 g/mol. The number of aliphatic hydroxyl groups is 2. The van der Waals surface area contributed by atoms with Crippen molar-refractivity contribution in [3.63, 3.8) is 0 Å². The van der Waals surface area contributed by atoms with E-state index in [0.29, 0.717) is 16.5 Å². The molecule has 2 atom stereocenters. The number of hydrogen-bond donors (Lipinski definition) is 2. The van der Waals surface area contributed by atoms with Gasteiger partial charge in [0.25, 0.3) is 0 Å². The van der Waals surface area contributed by atoms with Crippen LogP contribution in [0, 0.1) is 5.92 Å². The largest absolute Gasteiger partial charge is 0.396 e. The summed E-state index contributed by atoms with van der Waals surface area (Å²) in [6.07, 6.45) is 3.52. The summed E-state index contributed by atoms with van der Waals surface area (Å²) in [5.41, 5.74) is -0.216. The van der Waals surface area contributed by atoms with Crippen molar-refractivity contribution in [2.75, 3.05) is 6.61 Å². The maximum absolute atomic E-state index is 10.8. The number of hydrogen-bond acceptors (Lipinski definition) is 2. The van der Waals surface area contributed by atoms with Crippen molar-refractivity contribution in [1.82, 2.24) is 0 Å². The van der Waals surface area contributed by atoms with Crippen molar-refractivity contribution in [1.29, 1.82) is 0 Å². The highest BCUT2D eigenvalue weighted by atomic mass is 35.5. The first-order valence-corrected chi connectivity index (χ1v) is 6.62. The van der Waals surface area contributed by atoms with E-state index in [1.165, 1.54) is 0 Å². The molecule has 0 heterocycles. The molecule has 1 saturated carbocycles. The molecule has 4 heteroatoms. The van der Waals surface area contributed by atoms with E-state index in [4.69, 9.17) is 23.2 Å². The smallest absolute Gasteiger partial charge is 0.0946 e. The average Bonchev–Trinajstić information content (AvgIpc) is 2.33. The third kappa shape index (κ3) is 2.45. The minimum absolute atomic E-state index is 0.00323. The third-order valence-electron chi connectivity index (χ3n) is 3.68. The second-order valence-corrected chi connectivity index (χ2v) is 5.49. The Labute approximate surface area is 111 Å². The molecule has 0 aliphatic heterocycles. The molecule has 2 unspecified atom stereocenters. The summed E-state index contributed by atoms with van der Waals surface area (Å²) in [5, 5.41) is 21.1. The standard InChI is InChI=1S/C13H16Cl2O2/c14-11-5-4-9(7-12(11)15)13(17)6-2-1-3-10(13)8-16/h4-5,7,10,16-17H,1-3,6,8H2. The van der Waals surface area contributed by atoms with E-state index in [1.807, 2.05) is 0 Å². The van der Waals surface area contributed by atoms with Gasteiger partial charge in [0, 0.05) is 12.5 Å². The van der Waals surface area contributed by atoms with E-state index in [1.54, 1.807) is 18.2 Å². The second-order valence-electron chi connectivity index (χ2n) is 4.68. The van der Waals surface area contributed by atoms with Gasteiger partial charge in [-0.1, -0.05) is 42.1 Å². The normalized spacial score (nSPS) is 29.3. The molecule has 2 nitrogen and oxygen atoms in total. The summed E-state index contributed by atoms with van der Waals surface area (Å²) in [6, 6.07) is 5.19. The van der Waals surface area contributed by atoms with Gasteiger partial charge in [-0.2, -0.15) is 0 Å². The minimum Gasteiger partial charge on any atom is -0.396 e. The van der Waals surface area contributed by atoms with Gasteiger partial charge in [0.05, 0.1) is 15.6 Å². The summed E-state index contributed by atoms with van der Waals surface area (Å²) in [7, 11) is 0. The quantitative estimate of drug-likeness (QED) is 0.868. The van der Waals surface area contributed by atoms with Crippen molar-refractivity contribution in [3.8, 4) is 0 Å². The molecule has 1 aliphatic rings. The summed E-state index contributed by atoms with van der Waals surface area (Å²) in [6.45, 7) is -0.00323. The Morgan fingerprint density at radius 1 is 1.24 bits per heavy atom. The van der Waals surface area contributed by atoms with E-state index in [9.17, 15) is 10.2 Å². The van der Waals surface area contributed by atoms with Gasteiger partial charge < -0.3 is 10.2 Å². The number of rotatable bonds is 2. The van der Waals surface area contributed by atoms with Gasteiger partial charge in [-0.3, -0.25) is 0 Å². The molecule has 1 aromatic rings. The number of benzene rings is 1. The van der Waals surface area contributed by atoms with Gasteiger partial charge in [-0.15, -0.1) is 0 Å². The topological polar surface area (TPSA) is 40.5 Å². The van der Waals surface area contributed by atoms with Gasteiger partial charge in [0.2, 0.25) is 0 Å². The third-order valence-corrected chi connectivity index (χ3v) is 4.41. The van der Waals surface area contributed by atoms with Crippen LogP contribution in [-0.4, -0.2) is 16.8 Å². The average molecular weight is 275 g/mol. The maximum Gasteiger partial charge on any atom is 0.0946 e. The Bertz CT molecular complexity index is 408. The zero-order valence-corrected chi connectivity index (χ0v) is 11.0.